The first-order valence-corrected chi connectivity index (χ1v) is 18.0. The molecule has 52 heavy (non-hydrogen) atoms. The van der Waals surface area contributed by atoms with E-state index in [0.29, 0.717) is 0 Å². The molecular weight excluding hydrogens is 631 g/mol. The van der Waals surface area contributed by atoms with Crippen molar-refractivity contribution in [1.82, 2.24) is 0 Å². The van der Waals surface area contributed by atoms with Crippen LogP contribution in [0.2, 0.25) is 0 Å². The van der Waals surface area contributed by atoms with Crippen LogP contribution in [0.5, 0.6) is 0 Å². The number of rotatable bonds is 6. The zero-order chi connectivity index (χ0) is 35.2. The lowest BCUT2D eigenvalue weighted by atomic mass is 9.87. The first-order chi connectivity index (χ1) is 25.5. The van der Waals surface area contributed by atoms with Crippen molar-refractivity contribution in [1.29, 1.82) is 0 Å². The van der Waals surface area contributed by atoms with Crippen LogP contribution in [0.15, 0.2) is 186 Å². The van der Waals surface area contributed by atoms with Gasteiger partial charge in [0.25, 0.3) is 0 Å². The van der Waals surface area contributed by atoms with Gasteiger partial charge >= 0.3 is 0 Å². The van der Waals surface area contributed by atoms with Gasteiger partial charge < -0.3 is 9.32 Å². The maximum absolute atomic E-state index is 6.38. The molecule has 0 radical (unpaired) electrons. The lowest BCUT2D eigenvalue weighted by molar-refractivity contribution is 0.590. The Morgan fingerprint density at radius 2 is 0.923 bits per heavy atom. The van der Waals surface area contributed by atoms with Crippen molar-refractivity contribution in [3.63, 3.8) is 0 Å². The lowest BCUT2D eigenvalue weighted by Crippen LogP contribution is -2.14. The Morgan fingerprint density at radius 1 is 0.404 bits per heavy atom. The van der Waals surface area contributed by atoms with E-state index in [1.807, 2.05) is 6.07 Å². The second kappa shape index (κ2) is 12.7. The molecule has 2 heteroatoms. The van der Waals surface area contributed by atoms with Gasteiger partial charge in [0.2, 0.25) is 0 Å². The molecule has 0 atom stereocenters. The van der Waals surface area contributed by atoms with E-state index in [2.05, 4.69) is 202 Å². The number of furan rings is 1. The average molecular weight is 670 g/mol. The van der Waals surface area contributed by atoms with Crippen molar-refractivity contribution in [2.24, 2.45) is 0 Å². The minimum atomic E-state index is 0.0357. The van der Waals surface area contributed by atoms with Gasteiger partial charge in [0.05, 0.1) is 11.4 Å². The molecule has 2 nitrogen and oxygen atoms in total. The van der Waals surface area contributed by atoms with Crippen molar-refractivity contribution in [2.45, 2.75) is 26.2 Å². The van der Waals surface area contributed by atoms with E-state index in [0.717, 1.165) is 55.7 Å². The van der Waals surface area contributed by atoms with Gasteiger partial charge in [-0.25, -0.2) is 0 Å². The normalized spacial score (nSPS) is 11.8. The summed E-state index contributed by atoms with van der Waals surface area (Å²) < 4.78 is 6.38. The largest absolute Gasteiger partial charge is 0.456 e. The number of nitrogens with zero attached hydrogens (tertiary/aromatic N) is 1. The lowest BCUT2D eigenvalue weighted by Gasteiger charge is -2.31. The van der Waals surface area contributed by atoms with Gasteiger partial charge in [0.15, 0.2) is 0 Å². The number of anilines is 3. The third-order valence-electron chi connectivity index (χ3n) is 10.3. The molecule has 9 aromatic rings. The van der Waals surface area contributed by atoms with Gasteiger partial charge in [-0.3, -0.25) is 0 Å². The highest BCUT2D eigenvalue weighted by atomic mass is 16.3. The predicted octanol–water partition coefficient (Wildman–Crippen LogP) is 14.5. The third-order valence-corrected chi connectivity index (χ3v) is 10.3. The van der Waals surface area contributed by atoms with Crippen molar-refractivity contribution in [3.8, 4) is 33.4 Å². The summed E-state index contributed by atoms with van der Waals surface area (Å²) in [5, 5.41) is 4.71. The molecule has 0 N–H and O–H groups in total. The third kappa shape index (κ3) is 5.45. The molecule has 8 aromatic carbocycles. The smallest absolute Gasteiger partial charge is 0.136 e. The standard InChI is InChI=1S/C50H39NO/c1-50(2,3)36-30-32-37(33-31-36)51(45-27-11-8-21-40(45)42-25-15-29-47-49(42)43-22-9-12-28-46(43)52-47)44-26-10-7-20-39(44)41-24-14-19-35-18-13-23-38(48(35)41)34-16-5-4-6-17-34/h4-33H,1-3H3. The Morgan fingerprint density at radius 3 is 1.60 bits per heavy atom. The van der Waals surface area contributed by atoms with Crippen LogP contribution in [-0.4, -0.2) is 0 Å². The van der Waals surface area contributed by atoms with Gasteiger partial charge in [-0.05, 0) is 80.4 Å². The van der Waals surface area contributed by atoms with Crippen LogP contribution in [0.1, 0.15) is 26.3 Å². The van der Waals surface area contributed by atoms with Gasteiger partial charge in [0.1, 0.15) is 11.2 Å². The summed E-state index contributed by atoms with van der Waals surface area (Å²) in [6, 6.07) is 65.6. The van der Waals surface area contributed by atoms with E-state index in [4.69, 9.17) is 4.42 Å². The van der Waals surface area contributed by atoms with E-state index >= 15 is 0 Å². The molecule has 1 heterocycles. The molecule has 0 bridgehead atoms. The van der Waals surface area contributed by atoms with E-state index < -0.39 is 0 Å². The summed E-state index contributed by atoms with van der Waals surface area (Å²) in [6.45, 7) is 6.81. The fourth-order valence-electron chi connectivity index (χ4n) is 7.73. The fraction of sp³-hybridized carbons (Fsp3) is 0.0800. The topological polar surface area (TPSA) is 16.4 Å². The number of fused-ring (bicyclic) bond motifs is 4. The zero-order valence-corrected chi connectivity index (χ0v) is 29.7. The monoisotopic (exact) mass is 669 g/mol. The van der Waals surface area contributed by atoms with Crippen LogP contribution in [0.25, 0.3) is 66.1 Å². The molecule has 0 saturated heterocycles. The van der Waals surface area contributed by atoms with Crippen molar-refractivity contribution in [2.75, 3.05) is 4.90 Å². The zero-order valence-electron chi connectivity index (χ0n) is 29.7. The number of para-hydroxylation sites is 3. The Bertz CT molecular complexity index is 2710. The Labute approximate surface area is 305 Å². The van der Waals surface area contributed by atoms with Crippen LogP contribution in [-0.2, 0) is 5.41 Å². The van der Waals surface area contributed by atoms with Crippen LogP contribution >= 0.6 is 0 Å². The molecule has 0 aliphatic carbocycles. The van der Waals surface area contributed by atoms with E-state index in [1.54, 1.807) is 0 Å². The SMILES string of the molecule is CC(C)(C)c1ccc(N(c2ccccc2-c2cccc3cccc(-c4ccccc4)c23)c2ccccc2-c2cccc3oc4ccccc4c23)cc1. The Kier molecular flexibility index (Phi) is 7.74. The molecule has 0 spiro atoms. The molecular formula is C50H39NO. The first-order valence-electron chi connectivity index (χ1n) is 18.0. The number of hydrogen-bond donors (Lipinski definition) is 0. The molecule has 0 aliphatic heterocycles. The summed E-state index contributed by atoms with van der Waals surface area (Å²) in [6.07, 6.45) is 0. The highest BCUT2D eigenvalue weighted by Gasteiger charge is 2.24. The van der Waals surface area contributed by atoms with Gasteiger partial charge in [-0.15, -0.1) is 0 Å². The second-order valence-corrected chi connectivity index (χ2v) is 14.5. The number of hydrogen-bond acceptors (Lipinski definition) is 2. The van der Waals surface area contributed by atoms with Crippen LogP contribution < -0.4 is 4.90 Å². The minimum absolute atomic E-state index is 0.0357. The van der Waals surface area contributed by atoms with Gasteiger partial charge in [-0.2, -0.15) is 0 Å². The molecule has 1 aromatic heterocycles. The number of benzene rings is 8. The van der Waals surface area contributed by atoms with Crippen LogP contribution in [0, 0.1) is 0 Å². The molecule has 9 rings (SSSR count). The Balaban J connectivity index is 1.33. The summed E-state index contributed by atoms with van der Waals surface area (Å²) >= 11 is 0. The van der Waals surface area contributed by atoms with Gasteiger partial charge in [-0.1, -0.05) is 166 Å². The maximum Gasteiger partial charge on any atom is 0.136 e. The summed E-state index contributed by atoms with van der Waals surface area (Å²) in [4.78, 5) is 2.45. The van der Waals surface area contributed by atoms with Crippen molar-refractivity contribution >= 4 is 49.8 Å². The van der Waals surface area contributed by atoms with E-state index in [9.17, 15) is 0 Å². The maximum atomic E-state index is 6.38. The first kappa shape index (κ1) is 31.6. The Hall–Kier alpha value is -6.38. The molecule has 0 unspecified atom stereocenters. The summed E-state index contributed by atoms with van der Waals surface area (Å²) in [5.74, 6) is 0. The molecule has 0 saturated carbocycles. The van der Waals surface area contributed by atoms with E-state index in [1.165, 1.54) is 33.0 Å². The van der Waals surface area contributed by atoms with Crippen molar-refractivity contribution < 1.29 is 4.42 Å². The fourth-order valence-corrected chi connectivity index (χ4v) is 7.73. The quantitative estimate of drug-likeness (QED) is 0.175. The summed E-state index contributed by atoms with van der Waals surface area (Å²) in [5.41, 5.74) is 13.5. The molecule has 250 valence electrons. The average Bonchev–Trinajstić information content (AvgIpc) is 3.57. The highest BCUT2D eigenvalue weighted by Crippen LogP contribution is 2.48. The molecule has 0 fully saturated rings. The molecule has 0 amide bonds. The molecule has 0 aliphatic rings. The summed E-state index contributed by atoms with van der Waals surface area (Å²) in [7, 11) is 0. The van der Waals surface area contributed by atoms with Crippen LogP contribution in [0.3, 0.4) is 0 Å². The van der Waals surface area contributed by atoms with Crippen LogP contribution in [0.4, 0.5) is 17.1 Å². The second-order valence-electron chi connectivity index (χ2n) is 14.5. The van der Waals surface area contributed by atoms with Gasteiger partial charge in [0, 0.05) is 27.6 Å². The van der Waals surface area contributed by atoms with Crippen molar-refractivity contribution in [3.05, 3.63) is 188 Å². The predicted molar refractivity (Wildman–Crippen MR) is 221 cm³/mol. The van der Waals surface area contributed by atoms with E-state index in [-0.39, 0.29) is 5.41 Å². The minimum Gasteiger partial charge on any atom is -0.456 e. The highest BCUT2D eigenvalue weighted by molar-refractivity contribution is 6.14.